The molecule has 0 aromatic rings. The van der Waals surface area contributed by atoms with Crippen LogP contribution in [0.25, 0.3) is 0 Å². The number of rotatable bonds is 35. The van der Waals surface area contributed by atoms with Crippen LogP contribution in [-0.4, -0.2) is 98.9 Å². The number of aliphatic hydroxyl groups is 5. The van der Waals surface area contributed by atoms with Crippen molar-refractivity contribution in [2.24, 2.45) is 0 Å². The van der Waals surface area contributed by atoms with E-state index in [-0.39, 0.29) is 13.0 Å². The normalized spacial score (nSPS) is 23.7. The number of phosphoric acid groups is 1. The minimum absolute atomic E-state index is 0.0751. The molecule has 1 rings (SSSR count). The maximum atomic E-state index is 12.8. The van der Waals surface area contributed by atoms with E-state index in [4.69, 9.17) is 18.5 Å². The molecule has 0 bridgehead atoms. The van der Waals surface area contributed by atoms with Gasteiger partial charge >= 0.3 is 13.8 Å². The first kappa shape index (κ1) is 50.1. The van der Waals surface area contributed by atoms with Crippen molar-refractivity contribution in [2.75, 3.05) is 19.8 Å². The Morgan fingerprint density at radius 3 is 1.49 bits per heavy atom. The van der Waals surface area contributed by atoms with Crippen molar-refractivity contribution in [1.82, 2.24) is 0 Å². The monoisotopic (exact) mass is 781 g/mol. The highest BCUT2D eigenvalue weighted by molar-refractivity contribution is 7.47. The summed E-state index contributed by atoms with van der Waals surface area (Å²) in [6, 6.07) is 0. The van der Waals surface area contributed by atoms with Crippen molar-refractivity contribution in [3.8, 4) is 0 Å². The van der Waals surface area contributed by atoms with Gasteiger partial charge in [0.15, 0.2) is 0 Å². The molecule has 0 radical (unpaired) electrons. The van der Waals surface area contributed by atoms with Crippen molar-refractivity contribution >= 4 is 13.8 Å². The maximum absolute atomic E-state index is 12.8. The van der Waals surface area contributed by atoms with Gasteiger partial charge in [-0.05, 0) is 38.5 Å². The lowest BCUT2D eigenvalue weighted by molar-refractivity contribution is -0.220. The third-order valence-corrected chi connectivity index (χ3v) is 10.9. The fourth-order valence-corrected chi connectivity index (χ4v) is 7.44. The summed E-state index contributed by atoms with van der Waals surface area (Å²) < 4.78 is 34.0. The van der Waals surface area contributed by atoms with Crippen molar-refractivity contribution in [2.45, 2.75) is 217 Å². The van der Waals surface area contributed by atoms with Gasteiger partial charge in [-0.1, -0.05) is 142 Å². The Morgan fingerprint density at radius 1 is 0.585 bits per heavy atom. The highest BCUT2D eigenvalue weighted by Crippen LogP contribution is 2.47. The molecule has 1 saturated carbocycles. The standard InChI is InChI=1S/C40H77O12P/c1-3-5-7-9-11-13-15-17-18-19-21-23-25-27-29-34(41)51-33(31-49-30-28-26-24-22-20-16-14-12-10-8-6-4-2)32-50-53(47,48)52-40-38(45)36(43)35(42)37(44)39(40)46/h15,17,33,35-40,42-46H,3-14,16,18-32H2,1-2H3,(H,47,48)/b17-15-. The molecule has 1 fully saturated rings. The van der Waals surface area contributed by atoms with E-state index in [0.717, 1.165) is 57.8 Å². The number of hydrogen-bond acceptors (Lipinski definition) is 11. The first-order valence-corrected chi connectivity index (χ1v) is 22.5. The number of allylic oxidation sites excluding steroid dienone is 2. The van der Waals surface area contributed by atoms with Crippen molar-refractivity contribution in [1.29, 1.82) is 0 Å². The van der Waals surface area contributed by atoms with Crippen molar-refractivity contribution in [3.63, 3.8) is 0 Å². The van der Waals surface area contributed by atoms with Gasteiger partial charge in [-0.2, -0.15) is 0 Å². The summed E-state index contributed by atoms with van der Waals surface area (Å²) in [7, 11) is -5.01. The van der Waals surface area contributed by atoms with Crippen molar-refractivity contribution < 1.29 is 58.3 Å². The summed E-state index contributed by atoms with van der Waals surface area (Å²) in [6.45, 7) is 4.23. The number of aliphatic hydroxyl groups excluding tert-OH is 5. The molecule has 0 aromatic carbocycles. The topological polar surface area (TPSA) is 192 Å². The minimum Gasteiger partial charge on any atom is -0.457 e. The summed E-state index contributed by atoms with van der Waals surface area (Å²) in [6.07, 6.45) is 20.0. The molecule has 1 aliphatic rings. The molecule has 0 spiro atoms. The van der Waals surface area contributed by atoms with Gasteiger partial charge in [0.2, 0.25) is 0 Å². The molecule has 0 aromatic heterocycles. The number of hydrogen-bond donors (Lipinski definition) is 6. The number of esters is 1. The second-order valence-corrected chi connectivity index (χ2v) is 16.3. The molecule has 0 saturated heterocycles. The van der Waals surface area contributed by atoms with E-state index in [2.05, 4.69) is 26.0 Å². The van der Waals surface area contributed by atoms with Crippen LogP contribution in [0.15, 0.2) is 12.2 Å². The largest absolute Gasteiger partial charge is 0.472 e. The van der Waals surface area contributed by atoms with E-state index in [9.17, 15) is 39.8 Å². The summed E-state index contributed by atoms with van der Waals surface area (Å²) in [5.41, 5.74) is 0. The third-order valence-electron chi connectivity index (χ3n) is 9.89. The zero-order valence-corrected chi connectivity index (χ0v) is 34.0. The van der Waals surface area contributed by atoms with Gasteiger partial charge in [0.1, 0.15) is 42.7 Å². The lowest BCUT2D eigenvalue weighted by Gasteiger charge is -2.41. The van der Waals surface area contributed by atoms with Crippen LogP contribution in [-0.2, 0) is 27.9 Å². The smallest absolute Gasteiger partial charge is 0.457 e. The Bertz CT molecular complexity index is 937. The van der Waals surface area contributed by atoms with Gasteiger partial charge in [-0.3, -0.25) is 13.8 Å². The number of unbranched alkanes of at least 4 members (excludes halogenated alkanes) is 21. The Morgan fingerprint density at radius 2 is 1.00 bits per heavy atom. The average molecular weight is 781 g/mol. The second-order valence-electron chi connectivity index (χ2n) is 14.8. The van der Waals surface area contributed by atoms with Crippen LogP contribution in [0.1, 0.15) is 174 Å². The van der Waals surface area contributed by atoms with E-state index >= 15 is 0 Å². The zero-order valence-electron chi connectivity index (χ0n) is 33.1. The predicted octanol–water partition coefficient (Wildman–Crippen LogP) is 7.58. The molecule has 6 N–H and O–H groups in total. The molecule has 0 heterocycles. The summed E-state index contributed by atoms with van der Waals surface area (Å²) in [4.78, 5) is 23.0. The molecule has 53 heavy (non-hydrogen) atoms. The Balaban J connectivity index is 2.45. The Hall–Kier alpha value is -0.920. The first-order chi connectivity index (χ1) is 25.5. The van der Waals surface area contributed by atoms with Gasteiger partial charge in [-0.25, -0.2) is 4.57 Å². The van der Waals surface area contributed by atoms with Gasteiger partial charge in [0.05, 0.1) is 13.2 Å². The highest BCUT2D eigenvalue weighted by Gasteiger charge is 2.51. The fraction of sp³-hybridized carbons (Fsp3) is 0.925. The summed E-state index contributed by atoms with van der Waals surface area (Å²) in [5, 5.41) is 50.0. The fourth-order valence-electron chi connectivity index (χ4n) is 6.47. The molecule has 0 aliphatic heterocycles. The number of ether oxygens (including phenoxy) is 2. The maximum Gasteiger partial charge on any atom is 0.472 e. The zero-order chi connectivity index (χ0) is 39.2. The molecule has 12 nitrogen and oxygen atoms in total. The van der Waals surface area contributed by atoms with Crippen LogP contribution in [0.4, 0.5) is 0 Å². The van der Waals surface area contributed by atoms with E-state index in [0.29, 0.717) is 13.0 Å². The average Bonchev–Trinajstić information content (AvgIpc) is 3.14. The van der Waals surface area contributed by atoms with Crippen LogP contribution in [0.3, 0.4) is 0 Å². The number of carbonyl (C=O) groups is 1. The first-order valence-electron chi connectivity index (χ1n) is 21.0. The lowest BCUT2D eigenvalue weighted by Crippen LogP contribution is -2.64. The SMILES string of the molecule is CCCCCCC/C=C\CCCCCCCC(=O)OC(COCCCCCCCCCCCCCC)COP(=O)(O)OC1C(O)C(O)C(O)C(O)C1O. The molecule has 6 unspecified atom stereocenters. The van der Waals surface area contributed by atoms with Crippen LogP contribution in [0.5, 0.6) is 0 Å². The molecule has 13 heteroatoms. The molecular weight excluding hydrogens is 703 g/mol. The summed E-state index contributed by atoms with van der Waals surface area (Å²) >= 11 is 0. The molecular formula is C40H77O12P. The van der Waals surface area contributed by atoms with Crippen LogP contribution < -0.4 is 0 Å². The lowest BCUT2D eigenvalue weighted by atomic mass is 9.85. The van der Waals surface area contributed by atoms with E-state index in [1.54, 1.807) is 0 Å². The Labute approximate surface area is 320 Å². The van der Waals surface area contributed by atoms with Crippen LogP contribution >= 0.6 is 7.82 Å². The van der Waals surface area contributed by atoms with E-state index in [1.807, 2.05) is 0 Å². The van der Waals surface area contributed by atoms with Gasteiger partial charge in [0, 0.05) is 13.0 Å². The quantitative estimate of drug-likeness (QED) is 0.0160. The Kier molecular flexibility index (Phi) is 30.4. The van der Waals surface area contributed by atoms with Gasteiger partial charge in [-0.15, -0.1) is 0 Å². The highest BCUT2D eigenvalue weighted by atomic mass is 31.2. The molecule has 1 aliphatic carbocycles. The second kappa shape index (κ2) is 32.2. The predicted molar refractivity (Wildman–Crippen MR) is 207 cm³/mol. The number of carbonyl (C=O) groups excluding carboxylic acids is 1. The van der Waals surface area contributed by atoms with Gasteiger partial charge in [0.25, 0.3) is 0 Å². The molecule has 6 atom stereocenters. The van der Waals surface area contributed by atoms with E-state index < -0.39 is 63.1 Å². The molecule has 0 amide bonds. The number of phosphoric ester groups is 1. The van der Waals surface area contributed by atoms with E-state index in [1.165, 1.54) is 89.9 Å². The third kappa shape index (κ3) is 25.1. The van der Waals surface area contributed by atoms with Crippen LogP contribution in [0, 0.1) is 0 Å². The van der Waals surface area contributed by atoms with Gasteiger partial charge < -0.3 is 39.9 Å². The summed E-state index contributed by atoms with van der Waals surface area (Å²) in [5.74, 6) is -0.485. The van der Waals surface area contributed by atoms with Crippen LogP contribution in [0.2, 0.25) is 0 Å². The molecule has 314 valence electrons. The van der Waals surface area contributed by atoms with Crippen molar-refractivity contribution in [3.05, 3.63) is 12.2 Å². The minimum atomic E-state index is -5.01.